The summed E-state index contributed by atoms with van der Waals surface area (Å²) in [6, 6.07) is 8.74. The molecule has 1 aliphatic heterocycles. The van der Waals surface area contributed by atoms with Gasteiger partial charge in [-0.2, -0.15) is 5.26 Å². The zero-order valence-corrected chi connectivity index (χ0v) is 10.6. The van der Waals surface area contributed by atoms with Crippen LogP contribution in [0.15, 0.2) is 18.2 Å². The molecule has 0 bridgehead atoms. The monoisotopic (exact) mass is 228 g/mol. The molecule has 17 heavy (non-hydrogen) atoms. The molecule has 2 nitrogen and oxygen atoms in total. The molecule has 0 N–H and O–H groups in total. The Balaban J connectivity index is 2.15. The van der Waals surface area contributed by atoms with Crippen LogP contribution in [-0.4, -0.2) is 13.1 Å². The second kappa shape index (κ2) is 5.72. The fraction of sp³-hybridized carbons (Fsp3) is 0.533. The first-order chi connectivity index (χ1) is 8.31. The van der Waals surface area contributed by atoms with Crippen LogP contribution >= 0.6 is 0 Å². The second-order valence-corrected chi connectivity index (χ2v) is 4.85. The van der Waals surface area contributed by atoms with E-state index >= 15 is 0 Å². The summed E-state index contributed by atoms with van der Waals surface area (Å²) < 4.78 is 0. The van der Waals surface area contributed by atoms with Gasteiger partial charge in [-0.05, 0) is 43.0 Å². The molecule has 0 spiro atoms. The van der Waals surface area contributed by atoms with Gasteiger partial charge in [0.15, 0.2) is 0 Å². The lowest BCUT2D eigenvalue weighted by Gasteiger charge is -2.23. The Morgan fingerprint density at radius 3 is 2.47 bits per heavy atom. The molecule has 0 radical (unpaired) electrons. The van der Waals surface area contributed by atoms with Crippen molar-refractivity contribution in [3.05, 3.63) is 29.3 Å². The maximum Gasteiger partial charge on any atom is 0.0669 e. The average molecular weight is 228 g/mol. The smallest absolute Gasteiger partial charge is 0.0669 e. The van der Waals surface area contributed by atoms with E-state index in [0.29, 0.717) is 6.42 Å². The van der Waals surface area contributed by atoms with Crippen LogP contribution < -0.4 is 4.90 Å². The number of nitrogens with zero attached hydrogens (tertiary/aromatic N) is 2. The van der Waals surface area contributed by atoms with Crippen LogP contribution in [-0.2, 0) is 6.42 Å². The Morgan fingerprint density at radius 2 is 1.88 bits per heavy atom. The first-order valence-electron chi connectivity index (χ1n) is 6.52. The highest BCUT2D eigenvalue weighted by atomic mass is 15.1. The molecule has 0 saturated carbocycles. The van der Waals surface area contributed by atoms with Gasteiger partial charge in [-0.3, -0.25) is 0 Å². The van der Waals surface area contributed by atoms with Gasteiger partial charge in [0, 0.05) is 18.8 Å². The van der Waals surface area contributed by atoms with E-state index in [1.807, 2.05) is 0 Å². The maximum absolute atomic E-state index is 8.74. The Labute approximate surface area is 104 Å². The molecule has 2 rings (SSSR count). The van der Waals surface area contributed by atoms with Gasteiger partial charge in [0.2, 0.25) is 0 Å². The van der Waals surface area contributed by atoms with Crippen LogP contribution in [0.1, 0.15) is 36.8 Å². The van der Waals surface area contributed by atoms with Crippen molar-refractivity contribution in [3.63, 3.8) is 0 Å². The highest BCUT2D eigenvalue weighted by Gasteiger charge is 2.10. The Bertz CT molecular complexity index is 409. The van der Waals surface area contributed by atoms with Gasteiger partial charge in [0.1, 0.15) is 0 Å². The molecule has 0 atom stereocenters. The van der Waals surface area contributed by atoms with Gasteiger partial charge < -0.3 is 4.90 Å². The summed E-state index contributed by atoms with van der Waals surface area (Å²) in [4.78, 5) is 2.48. The highest BCUT2D eigenvalue weighted by Crippen LogP contribution is 2.22. The SMILES string of the molecule is Cc1cc(N2CCCCCC2)ccc1CC#N. The van der Waals surface area contributed by atoms with Crippen LogP contribution in [0.4, 0.5) is 5.69 Å². The second-order valence-electron chi connectivity index (χ2n) is 4.85. The molecule has 1 aromatic rings. The van der Waals surface area contributed by atoms with Crippen molar-refractivity contribution in [1.82, 2.24) is 0 Å². The van der Waals surface area contributed by atoms with Gasteiger partial charge in [-0.1, -0.05) is 18.9 Å². The minimum atomic E-state index is 0.520. The van der Waals surface area contributed by atoms with Crippen molar-refractivity contribution >= 4 is 5.69 Å². The van der Waals surface area contributed by atoms with E-state index in [1.54, 1.807) is 0 Å². The number of hydrogen-bond acceptors (Lipinski definition) is 2. The number of anilines is 1. The Hall–Kier alpha value is -1.49. The predicted molar refractivity (Wildman–Crippen MR) is 71.2 cm³/mol. The molecule has 2 heteroatoms. The lowest BCUT2D eigenvalue weighted by molar-refractivity contribution is 0.726. The molecule has 0 amide bonds. The zero-order chi connectivity index (χ0) is 12.1. The molecule has 1 aliphatic rings. The third kappa shape index (κ3) is 3.00. The van der Waals surface area contributed by atoms with Gasteiger partial charge in [-0.25, -0.2) is 0 Å². The van der Waals surface area contributed by atoms with E-state index in [9.17, 15) is 0 Å². The highest BCUT2D eigenvalue weighted by molar-refractivity contribution is 5.51. The summed E-state index contributed by atoms with van der Waals surface area (Å²) in [6.45, 7) is 4.46. The van der Waals surface area contributed by atoms with E-state index in [-0.39, 0.29) is 0 Å². The van der Waals surface area contributed by atoms with E-state index in [1.165, 1.54) is 50.0 Å². The molecule has 1 aromatic carbocycles. The van der Waals surface area contributed by atoms with Crippen LogP contribution in [0.2, 0.25) is 0 Å². The topological polar surface area (TPSA) is 27.0 Å². The molecular weight excluding hydrogens is 208 g/mol. The van der Waals surface area contributed by atoms with Crippen molar-refractivity contribution in [1.29, 1.82) is 5.26 Å². The van der Waals surface area contributed by atoms with Crippen molar-refractivity contribution in [2.45, 2.75) is 39.0 Å². The van der Waals surface area contributed by atoms with Crippen LogP contribution in [0.3, 0.4) is 0 Å². The van der Waals surface area contributed by atoms with Gasteiger partial charge in [0.25, 0.3) is 0 Å². The first kappa shape index (κ1) is 12.0. The number of aryl methyl sites for hydroxylation is 1. The maximum atomic E-state index is 8.74. The predicted octanol–water partition coefficient (Wildman–Crippen LogP) is 3.44. The van der Waals surface area contributed by atoms with Crippen molar-refractivity contribution in [2.24, 2.45) is 0 Å². The summed E-state index contributed by atoms with van der Waals surface area (Å²) >= 11 is 0. The normalized spacial score (nSPS) is 16.4. The van der Waals surface area contributed by atoms with E-state index in [4.69, 9.17) is 5.26 Å². The third-order valence-corrected chi connectivity index (χ3v) is 3.57. The number of rotatable bonds is 2. The number of benzene rings is 1. The Kier molecular flexibility index (Phi) is 4.03. The van der Waals surface area contributed by atoms with Crippen molar-refractivity contribution < 1.29 is 0 Å². The standard InChI is InChI=1S/C15H20N2/c1-13-12-15(7-6-14(13)8-9-16)17-10-4-2-3-5-11-17/h6-7,12H,2-5,8,10-11H2,1H3. The summed E-state index contributed by atoms with van der Waals surface area (Å²) in [6.07, 6.45) is 5.86. The number of nitriles is 1. The lowest BCUT2D eigenvalue weighted by Crippen LogP contribution is -2.23. The van der Waals surface area contributed by atoms with Crippen LogP contribution in [0.25, 0.3) is 0 Å². The third-order valence-electron chi connectivity index (χ3n) is 3.57. The molecule has 0 aromatic heterocycles. The first-order valence-corrected chi connectivity index (χ1v) is 6.52. The fourth-order valence-electron chi connectivity index (χ4n) is 2.49. The molecule has 0 aliphatic carbocycles. The van der Waals surface area contributed by atoms with Gasteiger partial charge in [-0.15, -0.1) is 0 Å². The minimum Gasteiger partial charge on any atom is -0.372 e. The van der Waals surface area contributed by atoms with Gasteiger partial charge in [0.05, 0.1) is 12.5 Å². The lowest BCUT2D eigenvalue weighted by atomic mass is 10.1. The summed E-state index contributed by atoms with van der Waals surface area (Å²) in [5.74, 6) is 0. The molecule has 0 unspecified atom stereocenters. The average Bonchev–Trinajstić information content (AvgIpc) is 2.60. The summed E-state index contributed by atoms with van der Waals surface area (Å²) in [7, 11) is 0. The fourth-order valence-corrected chi connectivity index (χ4v) is 2.49. The molecule has 1 saturated heterocycles. The largest absolute Gasteiger partial charge is 0.372 e. The van der Waals surface area contributed by atoms with Crippen LogP contribution in [0.5, 0.6) is 0 Å². The van der Waals surface area contributed by atoms with Crippen LogP contribution in [0, 0.1) is 18.3 Å². The van der Waals surface area contributed by atoms with E-state index < -0.39 is 0 Å². The molecule has 90 valence electrons. The Morgan fingerprint density at radius 1 is 1.18 bits per heavy atom. The minimum absolute atomic E-state index is 0.520. The van der Waals surface area contributed by atoms with Crippen molar-refractivity contribution in [2.75, 3.05) is 18.0 Å². The summed E-state index contributed by atoms with van der Waals surface area (Å²) in [5, 5.41) is 8.74. The zero-order valence-electron chi connectivity index (χ0n) is 10.6. The van der Waals surface area contributed by atoms with E-state index in [2.05, 4.69) is 36.1 Å². The van der Waals surface area contributed by atoms with Crippen molar-refractivity contribution in [3.8, 4) is 6.07 Å². The molecule has 1 fully saturated rings. The quantitative estimate of drug-likeness (QED) is 0.775. The molecular formula is C15H20N2. The van der Waals surface area contributed by atoms with E-state index in [0.717, 1.165) is 5.56 Å². The molecule has 1 heterocycles. The van der Waals surface area contributed by atoms with Gasteiger partial charge >= 0.3 is 0 Å². The summed E-state index contributed by atoms with van der Waals surface area (Å²) in [5.41, 5.74) is 3.73. The number of hydrogen-bond donors (Lipinski definition) is 0.